The van der Waals surface area contributed by atoms with Crippen molar-refractivity contribution in [3.8, 4) is 0 Å². The van der Waals surface area contributed by atoms with Crippen LogP contribution in [0.25, 0.3) is 0 Å². The van der Waals surface area contributed by atoms with Gasteiger partial charge in [-0.3, -0.25) is 9.48 Å². The lowest BCUT2D eigenvalue weighted by molar-refractivity contribution is -0.119. The summed E-state index contributed by atoms with van der Waals surface area (Å²) in [5.41, 5.74) is 1.37. The van der Waals surface area contributed by atoms with Crippen molar-refractivity contribution in [3.05, 3.63) is 58.3 Å². The van der Waals surface area contributed by atoms with E-state index in [0.717, 1.165) is 5.56 Å². The molecule has 0 spiro atoms. The molecular formula is C17H17ClN4O3S2. The minimum absolute atomic E-state index is 0.229. The maximum Gasteiger partial charge on any atom is 0.250 e. The average Bonchev–Trinajstić information content (AvgIpc) is 3.23. The number of halogens is 1. The van der Waals surface area contributed by atoms with Gasteiger partial charge in [-0.15, -0.1) is 11.3 Å². The number of rotatable bonds is 6. The number of hydrogen-bond acceptors (Lipinski definition) is 6. The normalized spacial score (nSPS) is 12.7. The largest absolute Gasteiger partial charge is 0.300 e. The highest BCUT2D eigenvalue weighted by Crippen LogP contribution is 2.22. The fraction of sp³-hybridized carbons (Fsp3) is 0.235. The van der Waals surface area contributed by atoms with Crippen LogP contribution in [0.2, 0.25) is 5.02 Å². The molecule has 0 radical (unpaired) electrons. The topological polar surface area (TPSA) is 94.0 Å². The van der Waals surface area contributed by atoms with Gasteiger partial charge in [-0.1, -0.05) is 29.3 Å². The number of benzene rings is 1. The predicted octanol–water partition coefficient (Wildman–Crippen LogP) is 3.48. The summed E-state index contributed by atoms with van der Waals surface area (Å²) in [5.74, 6) is -0.552. The smallest absolute Gasteiger partial charge is 0.250 e. The first-order chi connectivity index (χ1) is 12.7. The van der Waals surface area contributed by atoms with Gasteiger partial charge in [0.25, 0.3) is 5.91 Å². The molecule has 0 aliphatic carbocycles. The van der Waals surface area contributed by atoms with Crippen molar-refractivity contribution < 1.29 is 13.2 Å². The Bertz CT molecular complexity index is 1060. The number of sulfone groups is 1. The van der Waals surface area contributed by atoms with Gasteiger partial charge in [-0.05, 0) is 26.0 Å². The first kappa shape index (κ1) is 19.5. The number of anilines is 1. The molecule has 0 unspecified atom stereocenters. The molecule has 0 bridgehead atoms. The van der Waals surface area contributed by atoms with E-state index in [9.17, 15) is 13.2 Å². The number of nitrogens with zero attached hydrogens (tertiary/aromatic N) is 3. The fourth-order valence-corrected chi connectivity index (χ4v) is 4.53. The molecule has 142 valence electrons. The van der Waals surface area contributed by atoms with E-state index in [1.165, 1.54) is 22.2 Å². The standard InChI is InChI=1S/C17H17ClN4O3S2/c1-11-3-5-15(6-4-11)27(24,25)10-14-9-26-17(20-14)21-16(23)12(2)22-8-13(18)7-19-22/h3-9,12H,10H2,1-2H3,(H,20,21,23)/t12-/m1/s1. The van der Waals surface area contributed by atoms with E-state index >= 15 is 0 Å². The Morgan fingerprint density at radius 1 is 1.33 bits per heavy atom. The van der Waals surface area contributed by atoms with Crippen LogP contribution in [0.4, 0.5) is 5.13 Å². The molecule has 0 aliphatic heterocycles. The van der Waals surface area contributed by atoms with Crippen LogP contribution >= 0.6 is 22.9 Å². The highest BCUT2D eigenvalue weighted by atomic mass is 35.5. The third-order valence-electron chi connectivity index (χ3n) is 3.85. The van der Waals surface area contributed by atoms with E-state index in [2.05, 4.69) is 15.4 Å². The minimum Gasteiger partial charge on any atom is -0.300 e. The molecule has 0 aliphatic rings. The minimum atomic E-state index is -3.50. The molecule has 10 heteroatoms. The molecule has 7 nitrogen and oxygen atoms in total. The molecule has 3 aromatic rings. The van der Waals surface area contributed by atoms with E-state index < -0.39 is 15.9 Å². The lowest BCUT2D eigenvalue weighted by Crippen LogP contribution is -2.24. The number of carbonyl (C=O) groups excluding carboxylic acids is 1. The van der Waals surface area contributed by atoms with Crippen molar-refractivity contribution in [2.24, 2.45) is 0 Å². The van der Waals surface area contributed by atoms with Gasteiger partial charge >= 0.3 is 0 Å². The van der Waals surface area contributed by atoms with Gasteiger partial charge in [0.05, 0.1) is 27.6 Å². The Morgan fingerprint density at radius 2 is 2.04 bits per heavy atom. The maximum absolute atomic E-state index is 12.5. The molecule has 2 aromatic heterocycles. The van der Waals surface area contributed by atoms with E-state index in [-0.39, 0.29) is 16.6 Å². The molecule has 1 N–H and O–H groups in total. The fourth-order valence-electron chi connectivity index (χ4n) is 2.31. The van der Waals surface area contributed by atoms with Crippen molar-refractivity contribution in [1.82, 2.24) is 14.8 Å². The monoisotopic (exact) mass is 424 g/mol. The number of aryl methyl sites for hydroxylation is 1. The van der Waals surface area contributed by atoms with Crippen LogP contribution in [-0.4, -0.2) is 29.1 Å². The van der Waals surface area contributed by atoms with Crippen LogP contribution in [0.5, 0.6) is 0 Å². The number of carbonyl (C=O) groups is 1. The van der Waals surface area contributed by atoms with Gasteiger partial charge in [-0.2, -0.15) is 5.10 Å². The van der Waals surface area contributed by atoms with Crippen LogP contribution in [-0.2, 0) is 20.4 Å². The van der Waals surface area contributed by atoms with Gasteiger partial charge in [0.1, 0.15) is 6.04 Å². The van der Waals surface area contributed by atoms with Crippen molar-refractivity contribution in [2.45, 2.75) is 30.5 Å². The molecule has 2 heterocycles. The zero-order valence-electron chi connectivity index (χ0n) is 14.6. The molecule has 1 amide bonds. The van der Waals surface area contributed by atoms with Gasteiger partial charge in [-0.25, -0.2) is 13.4 Å². The summed E-state index contributed by atoms with van der Waals surface area (Å²) < 4.78 is 26.4. The van der Waals surface area contributed by atoms with Crippen LogP contribution in [0.1, 0.15) is 24.2 Å². The number of thiazole rings is 1. The third kappa shape index (κ3) is 4.74. The first-order valence-corrected chi connectivity index (χ1v) is 10.9. The van der Waals surface area contributed by atoms with Gasteiger partial charge < -0.3 is 5.32 Å². The van der Waals surface area contributed by atoms with Crippen LogP contribution < -0.4 is 5.32 Å². The van der Waals surface area contributed by atoms with E-state index in [0.29, 0.717) is 15.8 Å². The maximum atomic E-state index is 12.5. The molecule has 0 fully saturated rings. The third-order valence-corrected chi connectivity index (χ3v) is 6.51. The van der Waals surface area contributed by atoms with E-state index in [1.807, 2.05) is 6.92 Å². The molecular weight excluding hydrogens is 408 g/mol. The summed E-state index contributed by atoms with van der Waals surface area (Å²) >= 11 is 6.98. The van der Waals surface area contributed by atoms with Crippen LogP contribution in [0, 0.1) is 6.92 Å². The van der Waals surface area contributed by atoms with Gasteiger partial charge in [0, 0.05) is 11.6 Å². The number of amides is 1. The zero-order valence-corrected chi connectivity index (χ0v) is 17.0. The molecule has 0 saturated carbocycles. The van der Waals surface area contributed by atoms with E-state index in [4.69, 9.17) is 11.6 Å². The van der Waals surface area contributed by atoms with Crippen LogP contribution in [0.15, 0.2) is 46.9 Å². The summed E-state index contributed by atoms with van der Waals surface area (Å²) in [4.78, 5) is 16.8. The van der Waals surface area contributed by atoms with E-state index in [1.54, 1.807) is 42.8 Å². The Morgan fingerprint density at radius 3 is 2.67 bits per heavy atom. The Hall–Kier alpha value is -2.23. The second kappa shape index (κ2) is 7.79. The summed E-state index contributed by atoms with van der Waals surface area (Å²) in [5, 5.41) is 9.06. The average molecular weight is 425 g/mol. The molecule has 3 rings (SSSR count). The lowest BCUT2D eigenvalue weighted by Gasteiger charge is -2.10. The Kier molecular flexibility index (Phi) is 5.64. The van der Waals surface area contributed by atoms with Gasteiger partial charge in [0.15, 0.2) is 15.0 Å². The van der Waals surface area contributed by atoms with Crippen molar-refractivity contribution >= 4 is 43.8 Å². The second-order valence-corrected chi connectivity index (χ2v) is 9.30. The van der Waals surface area contributed by atoms with Crippen molar-refractivity contribution in [1.29, 1.82) is 0 Å². The highest BCUT2D eigenvalue weighted by Gasteiger charge is 2.20. The summed E-state index contributed by atoms with van der Waals surface area (Å²) in [6, 6.07) is 6.08. The van der Waals surface area contributed by atoms with Crippen molar-refractivity contribution in [2.75, 3.05) is 5.32 Å². The van der Waals surface area contributed by atoms with Crippen molar-refractivity contribution in [3.63, 3.8) is 0 Å². The second-order valence-electron chi connectivity index (χ2n) is 6.02. The summed E-state index contributed by atoms with van der Waals surface area (Å²) in [7, 11) is -3.50. The Balaban J connectivity index is 1.67. The molecule has 1 atom stereocenters. The van der Waals surface area contributed by atoms with Gasteiger partial charge in [0.2, 0.25) is 0 Å². The number of aromatic nitrogens is 3. The number of hydrogen-bond donors (Lipinski definition) is 1. The first-order valence-electron chi connectivity index (χ1n) is 7.99. The quantitative estimate of drug-likeness (QED) is 0.653. The molecule has 27 heavy (non-hydrogen) atoms. The SMILES string of the molecule is Cc1ccc(S(=O)(=O)Cc2csc(NC(=O)[C@@H](C)n3cc(Cl)cn3)n2)cc1. The molecule has 1 aromatic carbocycles. The highest BCUT2D eigenvalue weighted by molar-refractivity contribution is 7.90. The zero-order chi connectivity index (χ0) is 19.6. The summed E-state index contributed by atoms with van der Waals surface area (Å²) in [6.07, 6.45) is 3.00. The molecule has 0 saturated heterocycles. The predicted molar refractivity (Wildman–Crippen MR) is 105 cm³/mol. The Labute approximate surface area is 165 Å². The number of nitrogens with one attached hydrogen (secondary N) is 1. The lowest BCUT2D eigenvalue weighted by atomic mass is 10.2. The van der Waals surface area contributed by atoms with Crippen LogP contribution in [0.3, 0.4) is 0 Å². The summed E-state index contributed by atoms with van der Waals surface area (Å²) in [6.45, 7) is 3.57.